The van der Waals surface area contributed by atoms with E-state index in [9.17, 15) is 0 Å². The van der Waals surface area contributed by atoms with Gasteiger partial charge in [-0.15, -0.1) is 0 Å². The van der Waals surface area contributed by atoms with Crippen LogP contribution >= 0.6 is 15.9 Å². The summed E-state index contributed by atoms with van der Waals surface area (Å²) in [6.45, 7) is 0. The normalized spacial score (nSPS) is 10.1. The Hall–Kier alpha value is -1.49. The smallest absolute Gasteiger partial charge is 0.142 e. The van der Waals surface area contributed by atoms with Crippen molar-refractivity contribution >= 4 is 21.7 Å². The average molecular weight is 251 g/mol. The first-order valence-electron chi connectivity index (χ1n) is 3.97. The van der Waals surface area contributed by atoms with Gasteiger partial charge in [0.1, 0.15) is 16.1 Å². The molecule has 0 bridgehead atoms. The fourth-order valence-electron chi connectivity index (χ4n) is 1.05. The third kappa shape index (κ3) is 1.72. The summed E-state index contributed by atoms with van der Waals surface area (Å²) >= 11 is 3.30. The molecule has 0 atom stereocenters. The van der Waals surface area contributed by atoms with Gasteiger partial charge >= 0.3 is 0 Å². The molecule has 0 aromatic carbocycles. The second-order valence-electron chi connectivity index (χ2n) is 2.65. The third-order valence-electron chi connectivity index (χ3n) is 1.65. The molecule has 0 saturated heterocycles. The lowest BCUT2D eigenvalue weighted by Crippen LogP contribution is -1.96. The highest BCUT2D eigenvalue weighted by Crippen LogP contribution is 2.22. The Morgan fingerprint density at radius 1 is 1.21 bits per heavy atom. The van der Waals surface area contributed by atoms with Crippen LogP contribution in [0, 0.1) is 0 Å². The minimum absolute atomic E-state index is 0.383. The summed E-state index contributed by atoms with van der Waals surface area (Å²) in [7, 11) is 0. The Labute approximate surface area is 89.4 Å². The summed E-state index contributed by atoms with van der Waals surface area (Å²) in [5.41, 5.74) is 6.95. The average Bonchev–Trinajstić information content (AvgIpc) is 2.23. The predicted octanol–water partition coefficient (Wildman–Crippen LogP) is 1.88. The lowest BCUT2D eigenvalue weighted by Gasteiger charge is -2.02. The van der Waals surface area contributed by atoms with E-state index in [1.165, 1.54) is 6.20 Å². The quantitative estimate of drug-likeness (QED) is 0.840. The molecule has 0 saturated carbocycles. The van der Waals surface area contributed by atoms with E-state index in [0.717, 1.165) is 5.69 Å². The van der Waals surface area contributed by atoms with Gasteiger partial charge in [0.05, 0.1) is 11.9 Å². The van der Waals surface area contributed by atoms with Crippen LogP contribution in [0.1, 0.15) is 0 Å². The molecule has 0 spiro atoms. The Morgan fingerprint density at radius 3 is 2.79 bits per heavy atom. The maximum atomic E-state index is 5.54. The van der Waals surface area contributed by atoms with Gasteiger partial charge in [0, 0.05) is 6.20 Å². The molecule has 14 heavy (non-hydrogen) atoms. The van der Waals surface area contributed by atoms with Gasteiger partial charge in [-0.05, 0) is 28.1 Å². The van der Waals surface area contributed by atoms with E-state index in [1.54, 1.807) is 6.20 Å². The molecule has 0 aliphatic carbocycles. The zero-order chi connectivity index (χ0) is 9.97. The van der Waals surface area contributed by atoms with Gasteiger partial charge in [-0.3, -0.25) is 4.98 Å². The van der Waals surface area contributed by atoms with Crippen LogP contribution in [0.4, 0.5) is 5.82 Å². The number of nitrogens with zero attached hydrogens (tertiary/aromatic N) is 3. The second-order valence-corrected chi connectivity index (χ2v) is 3.40. The number of pyridine rings is 1. The SMILES string of the molecule is Nc1cnc(Br)c(-c2ccccn2)n1. The zero-order valence-electron chi connectivity index (χ0n) is 7.18. The van der Waals surface area contributed by atoms with Crippen molar-refractivity contribution in [2.45, 2.75) is 0 Å². The number of rotatable bonds is 1. The van der Waals surface area contributed by atoms with E-state index < -0.39 is 0 Å². The van der Waals surface area contributed by atoms with Crippen LogP contribution in [0.15, 0.2) is 35.2 Å². The molecule has 2 N–H and O–H groups in total. The number of aromatic nitrogens is 3. The topological polar surface area (TPSA) is 64.7 Å². The van der Waals surface area contributed by atoms with Crippen LogP contribution in [0.25, 0.3) is 11.4 Å². The molecular weight excluding hydrogens is 244 g/mol. The second kappa shape index (κ2) is 3.71. The first kappa shape index (κ1) is 9.08. The first-order valence-corrected chi connectivity index (χ1v) is 4.76. The number of halogens is 1. The van der Waals surface area contributed by atoms with Crippen molar-refractivity contribution in [1.82, 2.24) is 15.0 Å². The number of nitrogens with two attached hydrogens (primary N) is 1. The Balaban J connectivity index is 2.57. The summed E-state index contributed by atoms with van der Waals surface area (Å²) in [6.07, 6.45) is 3.20. The molecule has 2 heterocycles. The number of hydrogen-bond donors (Lipinski definition) is 1. The van der Waals surface area contributed by atoms with Crippen molar-refractivity contribution in [2.75, 3.05) is 5.73 Å². The highest BCUT2D eigenvalue weighted by atomic mass is 79.9. The Bertz CT molecular complexity index is 444. The van der Waals surface area contributed by atoms with E-state index in [1.807, 2.05) is 18.2 Å². The first-order chi connectivity index (χ1) is 6.77. The summed E-state index contributed by atoms with van der Waals surface area (Å²) in [5.74, 6) is 0.383. The van der Waals surface area contributed by atoms with Gasteiger partial charge in [-0.2, -0.15) is 0 Å². The van der Waals surface area contributed by atoms with Gasteiger partial charge < -0.3 is 5.73 Å². The molecular formula is C9H7BrN4. The van der Waals surface area contributed by atoms with Gasteiger partial charge in [0.2, 0.25) is 0 Å². The van der Waals surface area contributed by atoms with Gasteiger partial charge in [0.15, 0.2) is 0 Å². The molecule has 2 aromatic rings. The molecule has 0 fully saturated rings. The molecule has 0 aliphatic heterocycles. The van der Waals surface area contributed by atoms with Crippen LogP contribution in [0.3, 0.4) is 0 Å². The fraction of sp³-hybridized carbons (Fsp3) is 0. The number of nitrogen functional groups attached to an aromatic ring is 1. The molecule has 5 heteroatoms. The maximum absolute atomic E-state index is 5.54. The summed E-state index contributed by atoms with van der Waals surface area (Å²) in [6, 6.07) is 5.59. The van der Waals surface area contributed by atoms with Crippen LogP contribution in [-0.4, -0.2) is 15.0 Å². The van der Waals surface area contributed by atoms with E-state index in [4.69, 9.17) is 5.73 Å². The standard InChI is InChI=1S/C9H7BrN4/c10-9-8(14-7(11)5-13-9)6-3-1-2-4-12-6/h1-5H,(H2,11,14). The molecule has 0 unspecified atom stereocenters. The van der Waals surface area contributed by atoms with Gasteiger partial charge in [0.25, 0.3) is 0 Å². The minimum atomic E-state index is 0.383. The van der Waals surface area contributed by atoms with Gasteiger partial charge in [-0.25, -0.2) is 9.97 Å². The van der Waals surface area contributed by atoms with Crippen molar-refractivity contribution < 1.29 is 0 Å². The highest BCUT2D eigenvalue weighted by molar-refractivity contribution is 9.10. The van der Waals surface area contributed by atoms with Crippen molar-refractivity contribution in [3.05, 3.63) is 35.2 Å². The molecule has 2 aromatic heterocycles. The summed E-state index contributed by atoms with van der Waals surface area (Å²) < 4.78 is 0.644. The predicted molar refractivity (Wildman–Crippen MR) is 57.4 cm³/mol. The Kier molecular flexibility index (Phi) is 2.41. The van der Waals surface area contributed by atoms with E-state index in [-0.39, 0.29) is 0 Å². The van der Waals surface area contributed by atoms with Crippen molar-refractivity contribution in [3.63, 3.8) is 0 Å². The monoisotopic (exact) mass is 250 g/mol. The molecule has 0 amide bonds. The van der Waals surface area contributed by atoms with Gasteiger partial charge in [-0.1, -0.05) is 6.07 Å². The number of hydrogen-bond acceptors (Lipinski definition) is 4. The van der Waals surface area contributed by atoms with Crippen molar-refractivity contribution in [2.24, 2.45) is 0 Å². The maximum Gasteiger partial charge on any atom is 0.142 e. The van der Waals surface area contributed by atoms with Crippen LogP contribution in [0.2, 0.25) is 0 Å². The molecule has 70 valence electrons. The van der Waals surface area contributed by atoms with E-state index >= 15 is 0 Å². The zero-order valence-corrected chi connectivity index (χ0v) is 8.77. The summed E-state index contributed by atoms with van der Waals surface area (Å²) in [4.78, 5) is 12.4. The molecule has 4 nitrogen and oxygen atoms in total. The largest absolute Gasteiger partial charge is 0.382 e. The van der Waals surface area contributed by atoms with E-state index in [2.05, 4.69) is 30.9 Å². The van der Waals surface area contributed by atoms with Crippen molar-refractivity contribution in [1.29, 1.82) is 0 Å². The lowest BCUT2D eigenvalue weighted by molar-refractivity contribution is 1.15. The van der Waals surface area contributed by atoms with Crippen LogP contribution in [0.5, 0.6) is 0 Å². The third-order valence-corrected chi connectivity index (χ3v) is 2.23. The highest BCUT2D eigenvalue weighted by Gasteiger charge is 2.06. The molecule has 0 aliphatic rings. The minimum Gasteiger partial charge on any atom is -0.382 e. The van der Waals surface area contributed by atoms with Crippen LogP contribution in [-0.2, 0) is 0 Å². The van der Waals surface area contributed by atoms with E-state index in [0.29, 0.717) is 16.1 Å². The fourth-order valence-corrected chi connectivity index (χ4v) is 1.45. The van der Waals surface area contributed by atoms with Crippen LogP contribution < -0.4 is 5.73 Å². The molecule has 0 radical (unpaired) electrons. The molecule has 2 rings (SSSR count). The van der Waals surface area contributed by atoms with Crippen molar-refractivity contribution in [3.8, 4) is 11.4 Å². The number of anilines is 1. The summed E-state index contributed by atoms with van der Waals surface area (Å²) in [5, 5.41) is 0. The lowest BCUT2D eigenvalue weighted by atomic mass is 10.3. The Morgan fingerprint density at radius 2 is 2.07 bits per heavy atom.